The van der Waals surface area contributed by atoms with Crippen LogP contribution in [0, 0.1) is 0 Å². The maximum Gasteiger partial charge on any atom is 0.233 e. The molecular weight excluding hydrogens is 192 g/mol. The summed E-state index contributed by atoms with van der Waals surface area (Å²) < 4.78 is 5.06. The number of hydrogen-bond donors (Lipinski definition) is 1. The van der Waals surface area contributed by atoms with Gasteiger partial charge in [0.15, 0.2) is 5.82 Å². The second kappa shape index (κ2) is 4.44. The van der Waals surface area contributed by atoms with Gasteiger partial charge in [0.2, 0.25) is 5.88 Å². The predicted molar refractivity (Wildman–Crippen MR) is 58.3 cm³/mol. The summed E-state index contributed by atoms with van der Waals surface area (Å²) in [6, 6.07) is 0.492. The Morgan fingerprint density at radius 2 is 2.40 bits per heavy atom. The fourth-order valence-electron chi connectivity index (χ4n) is 1.73. The van der Waals surface area contributed by atoms with Crippen LogP contribution in [0.25, 0.3) is 0 Å². The molecule has 1 aromatic rings. The number of rotatable bonds is 2. The van der Waals surface area contributed by atoms with E-state index in [1.807, 2.05) is 0 Å². The van der Waals surface area contributed by atoms with Gasteiger partial charge >= 0.3 is 0 Å². The van der Waals surface area contributed by atoms with E-state index in [0.717, 1.165) is 25.5 Å². The van der Waals surface area contributed by atoms with Gasteiger partial charge in [-0.1, -0.05) is 0 Å². The second-order valence-corrected chi connectivity index (χ2v) is 3.72. The minimum absolute atomic E-state index is 0.492. The van der Waals surface area contributed by atoms with E-state index >= 15 is 0 Å². The lowest BCUT2D eigenvalue weighted by molar-refractivity contribution is 0.394. The molecule has 5 nitrogen and oxygen atoms in total. The summed E-state index contributed by atoms with van der Waals surface area (Å²) in [7, 11) is 1.61. The van der Waals surface area contributed by atoms with Gasteiger partial charge < -0.3 is 15.0 Å². The molecule has 1 saturated heterocycles. The molecule has 2 rings (SSSR count). The van der Waals surface area contributed by atoms with E-state index in [9.17, 15) is 0 Å². The van der Waals surface area contributed by atoms with E-state index in [2.05, 4.69) is 27.1 Å². The number of ether oxygens (including phenoxy) is 1. The van der Waals surface area contributed by atoms with Crippen LogP contribution in [-0.2, 0) is 0 Å². The normalized spacial score (nSPS) is 21.5. The van der Waals surface area contributed by atoms with Crippen molar-refractivity contribution in [1.82, 2.24) is 15.3 Å². The van der Waals surface area contributed by atoms with Crippen LogP contribution in [0.3, 0.4) is 0 Å². The number of hydrogen-bond acceptors (Lipinski definition) is 5. The average molecular weight is 208 g/mol. The molecule has 5 heteroatoms. The molecule has 15 heavy (non-hydrogen) atoms. The summed E-state index contributed by atoms with van der Waals surface area (Å²) in [6.45, 7) is 5.08. The number of nitrogens with one attached hydrogen (secondary N) is 1. The highest BCUT2D eigenvalue weighted by Gasteiger charge is 2.17. The molecule has 0 unspecified atom stereocenters. The number of anilines is 1. The first kappa shape index (κ1) is 10.2. The molecule has 82 valence electrons. The minimum atomic E-state index is 0.492. The van der Waals surface area contributed by atoms with Gasteiger partial charge in [0.25, 0.3) is 0 Å². The van der Waals surface area contributed by atoms with Gasteiger partial charge in [0, 0.05) is 25.7 Å². The second-order valence-electron chi connectivity index (χ2n) is 3.72. The summed E-state index contributed by atoms with van der Waals surface area (Å²) >= 11 is 0. The Balaban J connectivity index is 2.13. The zero-order valence-corrected chi connectivity index (χ0v) is 9.10. The SMILES string of the molecule is COc1cncc(N2CCN[C@H](C)C2)n1. The quantitative estimate of drug-likeness (QED) is 0.756. The standard InChI is InChI=1S/C10H16N4O/c1-8-7-14(4-3-12-8)9-5-11-6-10(13-9)15-2/h5-6,8,12H,3-4,7H2,1-2H3/t8-/m1/s1. The summed E-state index contributed by atoms with van der Waals surface area (Å²) in [5.41, 5.74) is 0. The van der Waals surface area contributed by atoms with Gasteiger partial charge in [-0.25, -0.2) is 0 Å². The summed E-state index contributed by atoms with van der Waals surface area (Å²) in [4.78, 5) is 10.7. The number of piperazine rings is 1. The minimum Gasteiger partial charge on any atom is -0.480 e. The molecule has 2 heterocycles. The zero-order valence-electron chi connectivity index (χ0n) is 9.10. The lowest BCUT2D eigenvalue weighted by atomic mass is 10.2. The molecule has 0 bridgehead atoms. The highest BCUT2D eigenvalue weighted by Crippen LogP contribution is 2.14. The number of aromatic nitrogens is 2. The van der Waals surface area contributed by atoms with Crippen molar-refractivity contribution in [3.05, 3.63) is 12.4 Å². The van der Waals surface area contributed by atoms with Gasteiger partial charge in [0.1, 0.15) is 0 Å². The Hall–Kier alpha value is -1.36. The molecule has 1 N–H and O–H groups in total. The molecule has 0 amide bonds. The van der Waals surface area contributed by atoms with Gasteiger partial charge in [-0.15, -0.1) is 0 Å². The fraction of sp³-hybridized carbons (Fsp3) is 0.600. The van der Waals surface area contributed by atoms with Crippen molar-refractivity contribution in [3.63, 3.8) is 0 Å². The Labute approximate surface area is 89.5 Å². The number of methoxy groups -OCH3 is 1. The van der Waals surface area contributed by atoms with Crippen LogP contribution in [-0.4, -0.2) is 42.8 Å². The van der Waals surface area contributed by atoms with Crippen LogP contribution < -0.4 is 15.0 Å². The number of nitrogens with zero attached hydrogens (tertiary/aromatic N) is 3. The van der Waals surface area contributed by atoms with Crippen LogP contribution in [0.2, 0.25) is 0 Å². The molecule has 1 aromatic heterocycles. The van der Waals surface area contributed by atoms with Crippen LogP contribution in [0.15, 0.2) is 12.4 Å². The van der Waals surface area contributed by atoms with Crippen molar-refractivity contribution in [2.24, 2.45) is 0 Å². The monoisotopic (exact) mass is 208 g/mol. The third-order valence-electron chi connectivity index (χ3n) is 2.50. The molecule has 1 aliphatic rings. The summed E-state index contributed by atoms with van der Waals surface area (Å²) in [5, 5.41) is 3.39. The summed E-state index contributed by atoms with van der Waals surface area (Å²) in [6.07, 6.45) is 3.40. The molecule has 1 fully saturated rings. The molecule has 1 aliphatic heterocycles. The van der Waals surface area contributed by atoms with Crippen molar-refractivity contribution >= 4 is 5.82 Å². The maximum absolute atomic E-state index is 5.06. The van der Waals surface area contributed by atoms with E-state index in [1.165, 1.54) is 0 Å². The first-order valence-electron chi connectivity index (χ1n) is 5.14. The first-order valence-corrected chi connectivity index (χ1v) is 5.14. The summed E-state index contributed by atoms with van der Waals surface area (Å²) in [5.74, 6) is 1.46. The van der Waals surface area contributed by atoms with Crippen LogP contribution in [0.4, 0.5) is 5.82 Å². The molecular formula is C10H16N4O. The Morgan fingerprint density at radius 1 is 1.53 bits per heavy atom. The van der Waals surface area contributed by atoms with Crippen LogP contribution >= 0.6 is 0 Å². The van der Waals surface area contributed by atoms with Gasteiger partial charge in [-0.2, -0.15) is 4.98 Å². The molecule has 0 aliphatic carbocycles. The fourth-order valence-corrected chi connectivity index (χ4v) is 1.73. The third-order valence-corrected chi connectivity index (χ3v) is 2.50. The molecule has 1 atom stereocenters. The van der Waals surface area contributed by atoms with Crippen molar-refractivity contribution < 1.29 is 4.74 Å². The van der Waals surface area contributed by atoms with Crippen molar-refractivity contribution in [1.29, 1.82) is 0 Å². The van der Waals surface area contributed by atoms with Gasteiger partial charge in [0.05, 0.1) is 19.5 Å². The Bertz CT molecular complexity index is 331. The lowest BCUT2D eigenvalue weighted by Crippen LogP contribution is -2.49. The highest BCUT2D eigenvalue weighted by molar-refractivity contribution is 5.38. The van der Waals surface area contributed by atoms with E-state index in [4.69, 9.17) is 4.74 Å². The molecule has 0 aromatic carbocycles. The highest BCUT2D eigenvalue weighted by atomic mass is 16.5. The maximum atomic E-state index is 5.06. The molecule has 0 spiro atoms. The van der Waals surface area contributed by atoms with E-state index in [1.54, 1.807) is 19.5 Å². The van der Waals surface area contributed by atoms with Gasteiger partial charge in [-0.3, -0.25) is 4.98 Å². The topological polar surface area (TPSA) is 50.3 Å². The van der Waals surface area contributed by atoms with Crippen molar-refractivity contribution in [2.45, 2.75) is 13.0 Å². The third kappa shape index (κ3) is 2.36. The van der Waals surface area contributed by atoms with Crippen molar-refractivity contribution in [3.8, 4) is 5.88 Å². The largest absolute Gasteiger partial charge is 0.480 e. The Morgan fingerprint density at radius 3 is 3.13 bits per heavy atom. The smallest absolute Gasteiger partial charge is 0.233 e. The van der Waals surface area contributed by atoms with Gasteiger partial charge in [-0.05, 0) is 6.92 Å². The predicted octanol–water partition coefficient (Wildman–Crippen LogP) is 0.283. The van der Waals surface area contributed by atoms with E-state index in [-0.39, 0.29) is 0 Å². The zero-order chi connectivity index (χ0) is 10.7. The Kier molecular flexibility index (Phi) is 3.01. The van der Waals surface area contributed by atoms with Crippen LogP contribution in [0.1, 0.15) is 6.92 Å². The van der Waals surface area contributed by atoms with Crippen LogP contribution in [0.5, 0.6) is 5.88 Å². The first-order chi connectivity index (χ1) is 7.29. The lowest BCUT2D eigenvalue weighted by Gasteiger charge is -2.32. The average Bonchev–Trinajstić information content (AvgIpc) is 2.29. The molecule has 0 saturated carbocycles. The van der Waals surface area contributed by atoms with E-state index < -0.39 is 0 Å². The van der Waals surface area contributed by atoms with E-state index in [0.29, 0.717) is 11.9 Å². The molecule has 0 radical (unpaired) electrons. The van der Waals surface area contributed by atoms with Crippen molar-refractivity contribution in [2.75, 3.05) is 31.6 Å².